The molecule has 31 heavy (non-hydrogen) atoms. The number of hydrogen-bond donors (Lipinski definition) is 4. The number of hydrogen-bond acceptors (Lipinski definition) is 11. The van der Waals surface area contributed by atoms with E-state index in [1.807, 2.05) is 0 Å². The lowest BCUT2D eigenvalue weighted by Crippen LogP contribution is -2.74. The van der Waals surface area contributed by atoms with Gasteiger partial charge >= 0.3 is 10.8 Å². The first-order chi connectivity index (χ1) is 14.7. The number of aliphatic hydroxyl groups excluding tert-OH is 1. The van der Waals surface area contributed by atoms with Crippen molar-refractivity contribution in [3.8, 4) is 0 Å². The highest BCUT2D eigenvalue weighted by Gasteiger charge is 2.57. The number of carboxylic acid groups (broad SMARTS) is 1. The SMILES string of the molecule is Cn1nnnc1SCC1(C(=O)O)CS[C@@H]2C(NC(=O)C(O)c3csc(=O)[nH]3)C(=O)N2C1. The molecule has 16 heteroatoms. The van der Waals surface area contributed by atoms with Crippen LogP contribution in [0, 0.1) is 5.41 Å². The molecule has 2 aromatic heterocycles. The molecule has 4 N–H and O–H groups in total. The van der Waals surface area contributed by atoms with Crippen LogP contribution in [-0.2, 0) is 21.4 Å². The molecule has 0 spiro atoms. The Kier molecular flexibility index (Phi) is 5.80. The molecule has 0 radical (unpaired) electrons. The van der Waals surface area contributed by atoms with Crippen LogP contribution >= 0.6 is 34.9 Å². The second kappa shape index (κ2) is 8.25. The van der Waals surface area contributed by atoms with Crippen molar-refractivity contribution < 1.29 is 24.6 Å². The fraction of sp³-hybridized carbons (Fsp3) is 0.533. The first-order valence-electron chi connectivity index (χ1n) is 8.89. The number of rotatable bonds is 7. The average Bonchev–Trinajstić information content (AvgIpc) is 3.37. The quantitative estimate of drug-likeness (QED) is 0.257. The van der Waals surface area contributed by atoms with Crippen LogP contribution < -0.4 is 10.2 Å². The highest BCUT2D eigenvalue weighted by molar-refractivity contribution is 8.00. The summed E-state index contributed by atoms with van der Waals surface area (Å²) in [5.41, 5.74) is -1.15. The number of thiazole rings is 1. The molecule has 2 aliphatic rings. The van der Waals surface area contributed by atoms with E-state index >= 15 is 0 Å². The van der Waals surface area contributed by atoms with Crippen molar-refractivity contribution in [3.05, 3.63) is 20.7 Å². The van der Waals surface area contributed by atoms with Crippen molar-refractivity contribution in [1.29, 1.82) is 0 Å². The fourth-order valence-electron chi connectivity index (χ4n) is 3.25. The lowest BCUT2D eigenvalue weighted by molar-refractivity contribution is -0.158. The third-order valence-corrected chi connectivity index (χ3v) is 8.61. The van der Waals surface area contributed by atoms with E-state index < -0.39 is 45.6 Å². The van der Waals surface area contributed by atoms with Crippen molar-refractivity contribution in [2.75, 3.05) is 18.1 Å². The molecule has 3 unspecified atom stereocenters. The van der Waals surface area contributed by atoms with Gasteiger partial charge < -0.3 is 25.4 Å². The van der Waals surface area contributed by atoms with E-state index in [9.17, 15) is 29.4 Å². The second-order valence-electron chi connectivity index (χ2n) is 7.12. The van der Waals surface area contributed by atoms with Crippen molar-refractivity contribution in [1.82, 2.24) is 35.4 Å². The Balaban J connectivity index is 1.40. The Morgan fingerprint density at radius 1 is 1.48 bits per heavy atom. The van der Waals surface area contributed by atoms with Gasteiger partial charge in [0.2, 0.25) is 11.1 Å². The molecule has 2 aliphatic heterocycles. The largest absolute Gasteiger partial charge is 0.481 e. The predicted molar refractivity (Wildman–Crippen MR) is 109 cm³/mol. The minimum absolute atomic E-state index is 0.0100. The van der Waals surface area contributed by atoms with E-state index in [0.29, 0.717) is 5.16 Å². The molecule has 13 nitrogen and oxygen atoms in total. The van der Waals surface area contributed by atoms with Crippen molar-refractivity contribution in [2.45, 2.75) is 22.7 Å². The van der Waals surface area contributed by atoms with Gasteiger partial charge in [-0.3, -0.25) is 19.2 Å². The highest BCUT2D eigenvalue weighted by atomic mass is 32.2. The van der Waals surface area contributed by atoms with Crippen LogP contribution in [0.4, 0.5) is 0 Å². The minimum atomic E-state index is -1.61. The van der Waals surface area contributed by atoms with Crippen LogP contribution in [0.15, 0.2) is 15.3 Å². The summed E-state index contributed by atoms with van der Waals surface area (Å²) in [6.45, 7) is -0.0100. The maximum atomic E-state index is 12.6. The molecule has 0 aliphatic carbocycles. The Bertz CT molecular complexity index is 1090. The summed E-state index contributed by atoms with van der Waals surface area (Å²) in [6.07, 6.45) is -1.61. The fourth-order valence-corrected chi connectivity index (χ4v) is 6.56. The van der Waals surface area contributed by atoms with Gasteiger partial charge in [0.15, 0.2) is 6.10 Å². The number of aryl methyl sites for hydroxylation is 1. The van der Waals surface area contributed by atoms with E-state index in [0.717, 1.165) is 11.3 Å². The van der Waals surface area contributed by atoms with Crippen LogP contribution in [-0.4, -0.2) is 87.6 Å². The molecule has 0 aromatic carbocycles. The number of carboxylic acids is 1. The van der Waals surface area contributed by atoms with Gasteiger partial charge in [-0.1, -0.05) is 23.1 Å². The number of aromatic nitrogens is 5. The summed E-state index contributed by atoms with van der Waals surface area (Å²) in [6, 6.07) is -0.875. The number of β-lactam (4-membered cyclic amide) rings is 1. The third-order valence-electron chi connectivity index (χ3n) is 5.04. The number of nitrogens with one attached hydrogen (secondary N) is 2. The maximum absolute atomic E-state index is 12.6. The average molecular weight is 488 g/mol. The molecular formula is C15H17N7O6S3. The Morgan fingerprint density at radius 3 is 2.87 bits per heavy atom. The second-order valence-corrected chi connectivity index (χ2v) is 10.0. The predicted octanol–water partition coefficient (Wildman–Crippen LogP) is -1.74. The number of aliphatic hydroxyl groups is 1. The number of nitrogens with zero attached hydrogens (tertiary/aromatic N) is 5. The summed E-state index contributed by atoms with van der Waals surface area (Å²) in [4.78, 5) is 51.5. The minimum Gasteiger partial charge on any atom is -0.481 e. The van der Waals surface area contributed by atoms with Crippen molar-refractivity contribution >= 4 is 52.6 Å². The number of tetrazole rings is 1. The van der Waals surface area contributed by atoms with Gasteiger partial charge in [-0.25, -0.2) is 4.68 Å². The van der Waals surface area contributed by atoms with Gasteiger partial charge in [-0.15, -0.1) is 16.9 Å². The monoisotopic (exact) mass is 487 g/mol. The number of aliphatic carboxylic acids is 1. The molecule has 4 heterocycles. The van der Waals surface area contributed by atoms with Crippen LogP contribution in [0.25, 0.3) is 0 Å². The van der Waals surface area contributed by atoms with Crippen molar-refractivity contribution in [2.24, 2.45) is 12.5 Å². The Morgan fingerprint density at radius 2 is 2.26 bits per heavy atom. The zero-order valence-electron chi connectivity index (χ0n) is 15.9. The molecule has 2 aromatic rings. The first kappa shape index (κ1) is 21.8. The van der Waals surface area contributed by atoms with E-state index in [2.05, 4.69) is 25.8 Å². The Labute approximate surface area is 186 Å². The summed E-state index contributed by atoms with van der Waals surface area (Å²) in [5, 5.41) is 34.9. The van der Waals surface area contributed by atoms with Crippen molar-refractivity contribution in [3.63, 3.8) is 0 Å². The molecule has 2 amide bonds. The van der Waals surface area contributed by atoms with E-state index in [4.69, 9.17) is 0 Å². The maximum Gasteiger partial charge on any atom is 0.313 e. The standard InChI is InChI=1S/C15H17N7O6S3/c1-21-13(18-19-20-21)31-5-15(12(26)27)3-22-10(25)7(11(22)30-4-15)17-9(24)8(23)6-2-29-14(28)16-6/h2,7-8,11,23H,3-5H2,1H3,(H,16,28)(H,17,24)(H,26,27)/t7?,8?,11-,15?/m1/s1. The summed E-state index contributed by atoms with van der Waals surface area (Å²) in [7, 11) is 1.65. The molecular weight excluding hydrogens is 470 g/mol. The van der Waals surface area contributed by atoms with Gasteiger partial charge in [0.05, 0.1) is 5.69 Å². The Hall–Kier alpha value is -2.43. The van der Waals surface area contributed by atoms with Crippen LogP contribution in [0.3, 0.4) is 0 Å². The van der Waals surface area contributed by atoms with E-state index in [-0.39, 0.29) is 23.7 Å². The number of thioether (sulfide) groups is 2. The van der Waals surface area contributed by atoms with Gasteiger partial charge in [-0.2, -0.15) is 0 Å². The molecule has 4 atom stereocenters. The van der Waals surface area contributed by atoms with Gasteiger partial charge in [0.1, 0.15) is 16.8 Å². The highest BCUT2D eigenvalue weighted by Crippen LogP contribution is 2.44. The smallest absolute Gasteiger partial charge is 0.313 e. The molecule has 4 rings (SSSR count). The number of fused-ring (bicyclic) bond motifs is 1. The third kappa shape index (κ3) is 3.95. The van der Waals surface area contributed by atoms with Gasteiger partial charge in [0, 0.05) is 30.5 Å². The normalized spacial score (nSPS) is 26.1. The molecule has 166 valence electrons. The number of aromatic amines is 1. The molecule has 2 fully saturated rings. The number of amides is 2. The lowest BCUT2D eigenvalue weighted by atomic mass is 9.89. The van der Waals surface area contributed by atoms with Gasteiger partial charge in [-0.05, 0) is 10.4 Å². The number of H-pyrrole nitrogens is 1. The summed E-state index contributed by atoms with van der Waals surface area (Å²) in [5.74, 6) is -1.87. The molecule has 2 saturated heterocycles. The summed E-state index contributed by atoms with van der Waals surface area (Å²) < 4.78 is 1.44. The van der Waals surface area contributed by atoms with E-state index in [1.165, 1.54) is 38.5 Å². The number of carbonyl (C=O) groups is 3. The van der Waals surface area contributed by atoms with Crippen LogP contribution in [0.5, 0.6) is 0 Å². The van der Waals surface area contributed by atoms with E-state index in [1.54, 1.807) is 7.05 Å². The zero-order chi connectivity index (χ0) is 22.3. The van der Waals surface area contributed by atoms with Gasteiger partial charge in [0.25, 0.3) is 5.91 Å². The zero-order valence-corrected chi connectivity index (χ0v) is 18.4. The first-order valence-corrected chi connectivity index (χ1v) is 11.8. The molecule has 0 saturated carbocycles. The lowest BCUT2D eigenvalue weighted by Gasteiger charge is -2.53. The summed E-state index contributed by atoms with van der Waals surface area (Å²) >= 11 is 3.26. The molecule has 0 bridgehead atoms. The topological polar surface area (TPSA) is 183 Å². The number of carbonyl (C=O) groups excluding carboxylic acids is 2. The van der Waals surface area contributed by atoms with Crippen LogP contribution in [0.1, 0.15) is 11.8 Å². The van der Waals surface area contributed by atoms with Crippen LogP contribution in [0.2, 0.25) is 0 Å².